The molecule has 5 heteroatoms. The van der Waals surface area contributed by atoms with Crippen LogP contribution in [0.2, 0.25) is 0 Å². The molecule has 0 spiro atoms. The highest BCUT2D eigenvalue weighted by Gasteiger charge is 2.17. The van der Waals surface area contributed by atoms with Gasteiger partial charge in [-0.1, -0.05) is 6.92 Å². The number of nitrogens with zero attached hydrogens (tertiary/aromatic N) is 2. The van der Waals surface area contributed by atoms with Gasteiger partial charge < -0.3 is 14.7 Å². The second-order valence-electron chi connectivity index (χ2n) is 3.48. The van der Waals surface area contributed by atoms with Gasteiger partial charge >= 0.3 is 0 Å². The molecule has 1 saturated heterocycles. The smallest absolute Gasteiger partial charge is 0.186 e. The Balaban J connectivity index is 2.16. The second kappa shape index (κ2) is 4.92. The van der Waals surface area contributed by atoms with E-state index in [2.05, 4.69) is 16.8 Å². The summed E-state index contributed by atoms with van der Waals surface area (Å²) in [6, 6.07) is 0. The molecule has 0 bridgehead atoms. The maximum atomic E-state index is 9.16. The van der Waals surface area contributed by atoms with Crippen molar-refractivity contribution in [3.05, 3.63) is 10.6 Å². The van der Waals surface area contributed by atoms with Crippen molar-refractivity contribution in [3.63, 3.8) is 0 Å². The van der Waals surface area contributed by atoms with Gasteiger partial charge in [-0.3, -0.25) is 0 Å². The monoisotopic (exact) mass is 228 g/mol. The number of rotatable bonds is 3. The van der Waals surface area contributed by atoms with E-state index in [9.17, 15) is 0 Å². The summed E-state index contributed by atoms with van der Waals surface area (Å²) in [5.41, 5.74) is 0.837. The van der Waals surface area contributed by atoms with Crippen LogP contribution in [0.25, 0.3) is 0 Å². The lowest BCUT2D eigenvalue weighted by atomic mass is 10.3. The van der Waals surface area contributed by atoms with Gasteiger partial charge in [0.2, 0.25) is 0 Å². The molecular weight excluding hydrogens is 212 g/mol. The lowest BCUT2D eigenvalue weighted by molar-refractivity contribution is 0.122. The molecule has 0 radical (unpaired) electrons. The average molecular weight is 228 g/mol. The van der Waals surface area contributed by atoms with Crippen molar-refractivity contribution in [3.8, 4) is 0 Å². The number of aliphatic hydroxyl groups is 1. The molecule has 1 aromatic rings. The van der Waals surface area contributed by atoms with Crippen LogP contribution in [-0.4, -0.2) is 36.4 Å². The van der Waals surface area contributed by atoms with Crippen molar-refractivity contribution in [2.24, 2.45) is 0 Å². The number of morpholine rings is 1. The van der Waals surface area contributed by atoms with E-state index < -0.39 is 0 Å². The van der Waals surface area contributed by atoms with Crippen LogP contribution < -0.4 is 4.90 Å². The van der Waals surface area contributed by atoms with Gasteiger partial charge in [0.25, 0.3) is 0 Å². The Morgan fingerprint density at radius 3 is 2.73 bits per heavy atom. The molecule has 1 N–H and O–H groups in total. The number of thiazole rings is 1. The molecule has 1 fully saturated rings. The van der Waals surface area contributed by atoms with Crippen LogP contribution in [-0.2, 0) is 17.8 Å². The molecule has 1 aliphatic heterocycles. The Kier molecular flexibility index (Phi) is 3.56. The zero-order valence-corrected chi connectivity index (χ0v) is 9.72. The van der Waals surface area contributed by atoms with Crippen LogP contribution in [0.3, 0.4) is 0 Å². The van der Waals surface area contributed by atoms with E-state index in [1.807, 2.05) is 0 Å². The van der Waals surface area contributed by atoms with Gasteiger partial charge in [-0.2, -0.15) is 0 Å². The van der Waals surface area contributed by atoms with E-state index in [1.54, 1.807) is 11.3 Å². The first kappa shape index (κ1) is 10.9. The number of hydrogen-bond donors (Lipinski definition) is 1. The molecule has 0 unspecified atom stereocenters. The highest BCUT2D eigenvalue weighted by molar-refractivity contribution is 7.15. The number of hydrogen-bond acceptors (Lipinski definition) is 5. The van der Waals surface area contributed by atoms with Gasteiger partial charge in [0.1, 0.15) is 0 Å². The zero-order chi connectivity index (χ0) is 10.7. The Morgan fingerprint density at radius 1 is 1.47 bits per heavy atom. The molecule has 0 atom stereocenters. The Morgan fingerprint density at radius 2 is 2.20 bits per heavy atom. The maximum absolute atomic E-state index is 9.16. The molecule has 15 heavy (non-hydrogen) atoms. The van der Waals surface area contributed by atoms with Gasteiger partial charge in [-0.05, 0) is 6.42 Å². The van der Waals surface area contributed by atoms with Crippen LogP contribution in [0, 0.1) is 0 Å². The summed E-state index contributed by atoms with van der Waals surface area (Å²) >= 11 is 1.69. The van der Waals surface area contributed by atoms with Crippen molar-refractivity contribution in [1.29, 1.82) is 0 Å². The van der Waals surface area contributed by atoms with Crippen molar-refractivity contribution in [2.75, 3.05) is 31.2 Å². The second-order valence-corrected chi connectivity index (χ2v) is 4.54. The molecule has 4 nitrogen and oxygen atoms in total. The van der Waals surface area contributed by atoms with Crippen LogP contribution in [0.15, 0.2) is 0 Å². The molecule has 0 saturated carbocycles. The first-order valence-corrected chi connectivity index (χ1v) is 6.09. The van der Waals surface area contributed by atoms with Crippen LogP contribution >= 0.6 is 11.3 Å². The van der Waals surface area contributed by atoms with E-state index in [4.69, 9.17) is 9.84 Å². The minimum Gasteiger partial charge on any atom is -0.390 e. The quantitative estimate of drug-likeness (QED) is 0.839. The minimum atomic E-state index is 0.0456. The largest absolute Gasteiger partial charge is 0.390 e. The van der Waals surface area contributed by atoms with Gasteiger partial charge in [0.15, 0.2) is 5.13 Å². The number of aromatic nitrogens is 1. The van der Waals surface area contributed by atoms with E-state index in [0.717, 1.165) is 43.5 Å². The minimum absolute atomic E-state index is 0.0456. The Hall–Kier alpha value is -0.650. The third-order valence-electron chi connectivity index (χ3n) is 2.52. The normalized spacial score (nSPS) is 17.1. The maximum Gasteiger partial charge on any atom is 0.186 e. The van der Waals surface area contributed by atoms with E-state index >= 15 is 0 Å². The van der Waals surface area contributed by atoms with Crippen molar-refractivity contribution >= 4 is 16.5 Å². The van der Waals surface area contributed by atoms with Crippen LogP contribution in [0.5, 0.6) is 0 Å². The summed E-state index contributed by atoms with van der Waals surface area (Å²) in [6.07, 6.45) is 0.942. The predicted molar refractivity (Wildman–Crippen MR) is 60.4 cm³/mol. The molecule has 2 heterocycles. The highest BCUT2D eigenvalue weighted by atomic mass is 32.1. The summed E-state index contributed by atoms with van der Waals surface area (Å²) in [4.78, 5) is 7.88. The standard InChI is InChI=1S/C10H16N2O2S/c1-2-9-8(7-13)11-10(15-9)12-3-5-14-6-4-12/h13H,2-7H2,1H3. The van der Waals surface area contributed by atoms with Gasteiger partial charge in [0.05, 0.1) is 25.5 Å². The fourth-order valence-corrected chi connectivity index (χ4v) is 2.72. The Bertz CT molecular complexity index is 300. The SMILES string of the molecule is CCc1sc(N2CCOCC2)nc1CO. The molecule has 1 aliphatic rings. The average Bonchev–Trinajstić information content (AvgIpc) is 2.73. The number of aliphatic hydroxyl groups excluding tert-OH is 1. The number of ether oxygens (including phenoxy) is 1. The third-order valence-corrected chi connectivity index (χ3v) is 3.82. The molecule has 1 aromatic heterocycles. The molecule has 0 aliphatic carbocycles. The first-order chi connectivity index (χ1) is 7.35. The molecule has 0 amide bonds. The summed E-state index contributed by atoms with van der Waals surface area (Å²) in [6.45, 7) is 5.49. The lowest BCUT2D eigenvalue weighted by Crippen LogP contribution is -2.36. The van der Waals surface area contributed by atoms with Crippen LogP contribution in [0.4, 0.5) is 5.13 Å². The fourth-order valence-electron chi connectivity index (χ4n) is 1.66. The highest BCUT2D eigenvalue weighted by Crippen LogP contribution is 2.27. The predicted octanol–water partition coefficient (Wildman–Crippen LogP) is 1.03. The summed E-state index contributed by atoms with van der Waals surface area (Å²) in [5, 5.41) is 10.2. The van der Waals surface area contributed by atoms with Gasteiger partial charge in [0, 0.05) is 18.0 Å². The van der Waals surface area contributed by atoms with E-state index in [0.29, 0.717) is 0 Å². The van der Waals surface area contributed by atoms with Crippen molar-refractivity contribution < 1.29 is 9.84 Å². The van der Waals surface area contributed by atoms with Crippen molar-refractivity contribution in [2.45, 2.75) is 20.0 Å². The van der Waals surface area contributed by atoms with Gasteiger partial charge in [-0.25, -0.2) is 4.98 Å². The lowest BCUT2D eigenvalue weighted by Gasteiger charge is -2.26. The third kappa shape index (κ3) is 2.30. The first-order valence-electron chi connectivity index (χ1n) is 5.27. The van der Waals surface area contributed by atoms with Crippen molar-refractivity contribution in [1.82, 2.24) is 4.98 Å². The van der Waals surface area contributed by atoms with E-state index in [-0.39, 0.29) is 6.61 Å². The fraction of sp³-hybridized carbons (Fsp3) is 0.700. The molecule has 2 rings (SSSR count). The number of aryl methyl sites for hydroxylation is 1. The zero-order valence-electron chi connectivity index (χ0n) is 8.90. The molecule has 84 valence electrons. The molecular formula is C10H16N2O2S. The van der Waals surface area contributed by atoms with E-state index in [1.165, 1.54) is 4.88 Å². The Labute approximate surface area is 93.5 Å². The topological polar surface area (TPSA) is 45.6 Å². The van der Waals surface area contributed by atoms with Crippen LogP contribution in [0.1, 0.15) is 17.5 Å². The molecule has 0 aromatic carbocycles. The number of anilines is 1. The van der Waals surface area contributed by atoms with Gasteiger partial charge in [-0.15, -0.1) is 11.3 Å². The summed E-state index contributed by atoms with van der Waals surface area (Å²) in [7, 11) is 0. The summed E-state index contributed by atoms with van der Waals surface area (Å²) < 4.78 is 5.30. The summed E-state index contributed by atoms with van der Waals surface area (Å²) in [5.74, 6) is 0.